The Balaban J connectivity index is 1.48. The number of nitrogens with one attached hydrogen (secondary N) is 2. The number of carbonyl (C=O) groups is 2. The average Bonchev–Trinajstić information content (AvgIpc) is 3.48. The number of ether oxygens (including phenoxy) is 1. The molecule has 1 aromatic rings. The van der Waals surface area contributed by atoms with E-state index in [4.69, 9.17) is 4.74 Å². The zero-order chi connectivity index (χ0) is 30.7. The Morgan fingerprint density at radius 1 is 1.19 bits per heavy atom. The van der Waals surface area contributed by atoms with Gasteiger partial charge in [-0.1, -0.05) is 32.0 Å². The van der Waals surface area contributed by atoms with Gasteiger partial charge in [0.2, 0.25) is 5.91 Å². The van der Waals surface area contributed by atoms with Crippen molar-refractivity contribution in [3.8, 4) is 0 Å². The third kappa shape index (κ3) is 8.80. The van der Waals surface area contributed by atoms with Crippen LogP contribution in [-0.2, 0) is 19.4 Å². The number of piperidine rings is 1. The molecule has 236 valence electrons. The molecular formula is C30H47N3O6S3. The highest BCUT2D eigenvalue weighted by Gasteiger charge is 2.45. The van der Waals surface area contributed by atoms with E-state index in [0.717, 1.165) is 30.0 Å². The molecule has 12 heteroatoms. The maximum atomic E-state index is 13.4. The van der Waals surface area contributed by atoms with Crippen molar-refractivity contribution >= 4 is 45.4 Å². The van der Waals surface area contributed by atoms with Crippen LogP contribution < -0.4 is 10.6 Å². The number of hydrogen-bond donors (Lipinski definition) is 3. The van der Waals surface area contributed by atoms with E-state index >= 15 is 0 Å². The molecule has 1 aromatic carbocycles. The molecule has 4 rings (SSSR count). The number of likely N-dealkylation sites (tertiary alicyclic amines) is 1. The predicted octanol–water partition coefficient (Wildman–Crippen LogP) is 3.56. The second-order valence-corrected chi connectivity index (χ2v) is 17.9. The molecule has 3 heterocycles. The fraction of sp³-hybridized carbons (Fsp3) is 0.733. The minimum Gasteiger partial charge on any atom is -0.445 e. The molecule has 3 saturated heterocycles. The van der Waals surface area contributed by atoms with E-state index in [0.29, 0.717) is 16.9 Å². The number of alkyl carbamates (subject to hydrolysis) is 1. The Labute approximate surface area is 259 Å². The molecule has 0 unspecified atom stereocenters. The highest BCUT2D eigenvalue weighted by molar-refractivity contribution is 8.00. The number of aliphatic hydroxyl groups is 1. The molecule has 3 N–H and O–H groups in total. The van der Waals surface area contributed by atoms with E-state index < -0.39 is 39.4 Å². The number of hydrogen-bond acceptors (Lipinski definition) is 9. The summed E-state index contributed by atoms with van der Waals surface area (Å²) >= 11 is 3.45. The number of carbonyl (C=O) groups excluding carboxylic acids is 2. The first-order chi connectivity index (χ1) is 19.7. The summed E-state index contributed by atoms with van der Waals surface area (Å²) in [6, 6.07) is 8.70. The number of nitrogens with zero attached hydrogens (tertiary/aromatic N) is 1. The number of thioether (sulfide) groups is 2. The van der Waals surface area contributed by atoms with Gasteiger partial charge in [-0.25, -0.2) is 13.2 Å². The van der Waals surface area contributed by atoms with E-state index in [1.165, 1.54) is 11.8 Å². The number of sulfone groups is 1. The van der Waals surface area contributed by atoms with Crippen molar-refractivity contribution in [1.82, 2.24) is 15.5 Å². The van der Waals surface area contributed by atoms with Crippen LogP contribution >= 0.6 is 23.5 Å². The van der Waals surface area contributed by atoms with Gasteiger partial charge >= 0.3 is 6.09 Å². The second kappa shape index (κ2) is 14.1. The molecule has 0 saturated carbocycles. The van der Waals surface area contributed by atoms with Crippen LogP contribution in [0.2, 0.25) is 0 Å². The van der Waals surface area contributed by atoms with E-state index in [9.17, 15) is 23.1 Å². The smallest absolute Gasteiger partial charge is 0.407 e. The number of amides is 2. The summed E-state index contributed by atoms with van der Waals surface area (Å²) in [4.78, 5) is 29.6. The van der Waals surface area contributed by atoms with Gasteiger partial charge < -0.3 is 20.5 Å². The standard InChI is InChI=1S/C30H47N3O6S3/c1-19(2)27-25(12-14-42(27,37)38)39-29(36)31-22(18-41-21-9-7-6-8-10-21)24(34)17-33-16-20-11-13-40-26(20)15-23(33)28(35)32-30(3,4)5/h6-10,19-20,22-27,34H,11-18H2,1-5H3,(H,31,36)(H,32,35)/t20-,22+,23+,24-,25-,26+,27-/m1/s1. The highest BCUT2D eigenvalue weighted by Crippen LogP contribution is 2.40. The lowest BCUT2D eigenvalue weighted by Crippen LogP contribution is -2.60. The molecule has 3 aliphatic rings. The summed E-state index contributed by atoms with van der Waals surface area (Å²) in [6.45, 7) is 10.5. The topological polar surface area (TPSA) is 125 Å². The van der Waals surface area contributed by atoms with Gasteiger partial charge in [-0.05, 0) is 69.8 Å². The van der Waals surface area contributed by atoms with E-state index in [2.05, 4.69) is 15.5 Å². The van der Waals surface area contributed by atoms with Gasteiger partial charge in [0.1, 0.15) is 11.4 Å². The highest BCUT2D eigenvalue weighted by atomic mass is 32.2. The van der Waals surface area contributed by atoms with Gasteiger partial charge in [0.25, 0.3) is 0 Å². The molecular weight excluding hydrogens is 595 g/mol. The van der Waals surface area contributed by atoms with Crippen LogP contribution in [0.4, 0.5) is 4.79 Å². The number of fused-ring (bicyclic) bond motifs is 1. The number of benzene rings is 1. The van der Waals surface area contributed by atoms with Crippen molar-refractivity contribution < 1.29 is 27.9 Å². The quantitative estimate of drug-likeness (QED) is 0.329. The van der Waals surface area contributed by atoms with Crippen molar-refractivity contribution in [2.75, 3.05) is 30.3 Å². The normalized spacial score (nSPS) is 29.1. The van der Waals surface area contributed by atoms with Gasteiger partial charge in [0.05, 0.1) is 23.9 Å². The first-order valence-electron chi connectivity index (χ1n) is 15.0. The average molecular weight is 642 g/mol. The fourth-order valence-electron chi connectivity index (χ4n) is 6.31. The van der Waals surface area contributed by atoms with Gasteiger partial charge in [-0.3, -0.25) is 9.69 Å². The van der Waals surface area contributed by atoms with E-state index in [1.807, 2.05) is 76.7 Å². The molecule has 0 bridgehead atoms. The van der Waals surface area contributed by atoms with Crippen LogP contribution in [0.15, 0.2) is 35.2 Å². The minimum absolute atomic E-state index is 0.00285. The van der Waals surface area contributed by atoms with Crippen LogP contribution in [0.3, 0.4) is 0 Å². The Hall–Kier alpha value is -1.47. The predicted molar refractivity (Wildman–Crippen MR) is 170 cm³/mol. The van der Waals surface area contributed by atoms with Crippen LogP contribution in [0.25, 0.3) is 0 Å². The Kier molecular flexibility index (Phi) is 11.2. The molecule has 42 heavy (non-hydrogen) atoms. The van der Waals surface area contributed by atoms with Crippen LogP contribution in [0.5, 0.6) is 0 Å². The van der Waals surface area contributed by atoms with E-state index in [1.54, 1.807) is 0 Å². The Bertz CT molecular complexity index is 1180. The lowest BCUT2D eigenvalue weighted by Gasteiger charge is -2.43. The SMILES string of the molecule is CC(C)[C@@H]1[C@H](OC(=O)N[C@@H](CSc2ccccc2)[C@H](O)CN2C[C@H]3CCS[C@H]3C[C@H]2C(=O)NC(C)(C)C)CCS1(=O)=O. The van der Waals surface area contributed by atoms with Crippen molar-refractivity contribution in [1.29, 1.82) is 0 Å². The summed E-state index contributed by atoms with van der Waals surface area (Å²) in [5.74, 6) is 1.71. The molecule has 0 aromatic heterocycles. The summed E-state index contributed by atoms with van der Waals surface area (Å²) in [6.07, 6.45) is -0.335. The Morgan fingerprint density at radius 2 is 1.90 bits per heavy atom. The third-order valence-corrected chi connectivity index (χ3v) is 13.3. The van der Waals surface area contributed by atoms with Gasteiger partial charge in [-0.2, -0.15) is 11.8 Å². The number of aliphatic hydroxyl groups excluding tert-OH is 1. The monoisotopic (exact) mass is 641 g/mol. The molecule has 3 fully saturated rings. The van der Waals surface area contributed by atoms with Crippen LogP contribution in [-0.4, -0.2) is 101 Å². The molecule has 3 aliphatic heterocycles. The zero-order valence-electron chi connectivity index (χ0n) is 25.3. The number of β-amino-alcohol motifs (C(OH)–C–C–N with tert-alkyl or cyclic N) is 1. The first kappa shape index (κ1) is 33.4. The lowest BCUT2D eigenvalue weighted by atomic mass is 9.89. The maximum Gasteiger partial charge on any atom is 0.407 e. The Morgan fingerprint density at radius 3 is 2.57 bits per heavy atom. The molecule has 7 atom stereocenters. The van der Waals surface area contributed by atoms with Gasteiger partial charge in [0.15, 0.2) is 9.84 Å². The summed E-state index contributed by atoms with van der Waals surface area (Å²) in [5.41, 5.74) is -0.372. The first-order valence-corrected chi connectivity index (χ1v) is 18.7. The molecule has 0 spiro atoms. The van der Waals surface area contributed by atoms with Crippen molar-refractivity contribution in [2.45, 2.75) is 99.1 Å². The van der Waals surface area contributed by atoms with Crippen molar-refractivity contribution in [3.63, 3.8) is 0 Å². The van der Waals surface area contributed by atoms with Crippen molar-refractivity contribution in [2.24, 2.45) is 11.8 Å². The third-order valence-electron chi connectivity index (χ3n) is 8.26. The van der Waals surface area contributed by atoms with Gasteiger partial charge in [-0.15, -0.1) is 11.8 Å². The summed E-state index contributed by atoms with van der Waals surface area (Å²) in [5, 5.41) is 17.3. The molecule has 0 radical (unpaired) electrons. The molecule has 2 amide bonds. The molecule has 9 nitrogen and oxygen atoms in total. The second-order valence-electron chi connectivity index (χ2n) is 13.2. The number of rotatable bonds is 10. The summed E-state index contributed by atoms with van der Waals surface area (Å²) < 4.78 is 30.8. The molecule has 0 aliphatic carbocycles. The van der Waals surface area contributed by atoms with E-state index in [-0.39, 0.29) is 42.1 Å². The van der Waals surface area contributed by atoms with Gasteiger partial charge in [0, 0.05) is 34.5 Å². The van der Waals surface area contributed by atoms with Crippen LogP contribution in [0.1, 0.15) is 53.9 Å². The maximum absolute atomic E-state index is 13.4. The fourth-order valence-corrected chi connectivity index (χ4v) is 11.2. The summed E-state index contributed by atoms with van der Waals surface area (Å²) in [7, 11) is -3.33. The lowest BCUT2D eigenvalue weighted by molar-refractivity contribution is -0.130. The minimum atomic E-state index is -3.33. The largest absolute Gasteiger partial charge is 0.445 e. The van der Waals surface area contributed by atoms with Crippen molar-refractivity contribution in [3.05, 3.63) is 30.3 Å². The zero-order valence-corrected chi connectivity index (χ0v) is 27.8. The van der Waals surface area contributed by atoms with Crippen LogP contribution in [0, 0.1) is 11.8 Å².